The van der Waals surface area contributed by atoms with E-state index in [1.807, 2.05) is 0 Å². The van der Waals surface area contributed by atoms with Crippen molar-refractivity contribution in [3.05, 3.63) is 36.3 Å². The number of primary amides is 1. The Bertz CT molecular complexity index is 704. The Morgan fingerprint density at radius 2 is 1.71 bits per heavy atom. The van der Waals surface area contributed by atoms with Crippen LogP contribution in [-0.4, -0.2) is 36.5 Å². The Kier molecular flexibility index (Phi) is 8.77. The molecule has 0 aliphatic rings. The molecule has 8 nitrogen and oxygen atoms in total. The molecular weight excluding hydrogens is 372 g/mol. The highest BCUT2D eigenvalue weighted by Crippen LogP contribution is 2.18. The molecule has 1 rings (SSSR count). The number of benzene rings is 1. The summed E-state index contributed by atoms with van der Waals surface area (Å²) in [5.74, 6) is -3.21. The van der Waals surface area contributed by atoms with E-state index >= 15 is 0 Å². The molecule has 28 heavy (non-hydrogen) atoms. The molecule has 155 valence electrons. The van der Waals surface area contributed by atoms with Crippen LogP contribution >= 0.6 is 0 Å². The summed E-state index contributed by atoms with van der Waals surface area (Å²) in [4.78, 5) is 35.5. The molecule has 0 bridgehead atoms. The predicted octanol–water partition coefficient (Wildman–Crippen LogP) is 1.00. The van der Waals surface area contributed by atoms with Gasteiger partial charge in [0.25, 0.3) is 0 Å². The van der Waals surface area contributed by atoms with E-state index in [1.54, 1.807) is 13.8 Å². The summed E-state index contributed by atoms with van der Waals surface area (Å²) in [7, 11) is 0. The number of urea groups is 1. The molecule has 0 spiro atoms. The normalized spacial score (nSPS) is 13.0. The number of carbonyl (C=O) groups is 3. The van der Waals surface area contributed by atoms with E-state index in [0.29, 0.717) is 6.42 Å². The van der Waals surface area contributed by atoms with Crippen molar-refractivity contribution in [3.63, 3.8) is 0 Å². The molecule has 0 aliphatic carbocycles. The van der Waals surface area contributed by atoms with Crippen LogP contribution in [-0.2, 0) is 9.59 Å². The number of hydrogen-bond donors (Lipinski definition) is 5. The van der Waals surface area contributed by atoms with Crippen molar-refractivity contribution in [3.8, 4) is 0 Å². The maximum absolute atomic E-state index is 13.6. The number of anilines is 1. The molecule has 4 amide bonds. The highest BCUT2D eigenvalue weighted by Gasteiger charge is 2.25. The van der Waals surface area contributed by atoms with E-state index in [0.717, 1.165) is 12.1 Å². The minimum atomic E-state index is -1.03. The van der Waals surface area contributed by atoms with Crippen molar-refractivity contribution in [1.82, 2.24) is 10.6 Å². The Labute approximate surface area is 162 Å². The van der Waals surface area contributed by atoms with Crippen molar-refractivity contribution < 1.29 is 23.2 Å². The number of carbonyl (C=O) groups excluding carboxylic acids is 3. The number of nitrogens with one attached hydrogen (secondary N) is 3. The van der Waals surface area contributed by atoms with Gasteiger partial charge in [0, 0.05) is 17.8 Å². The Morgan fingerprint density at radius 1 is 1.14 bits per heavy atom. The smallest absolute Gasteiger partial charge is 0.312 e. The van der Waals surface area contributed by atoms with Gasteiger partial charge >= 0.3 is 6.03 Å². The average molecular weight is 398 g/mol. The van der Waals surface area contributed by atoms with Gasteiger partial charge < -0.3 is 27.4 Å². The highest BCUT2D eigenvalue weighted by molar-refractivity contribution is 5.97. The molecule has 1 radical (unpaired) electrons. The summed E-state index contributed by atoms with van der Waals surface area (Å²) in [5.41, 5.74) is 10.2. The summed E-state index contributed by atoms with van der Waals surface area (Å²) in [5, 5.41) is 7.26. The molecule has 2 atom stereocenters. The lowest BCUT2D eigenvalue weighted by Crippen LogP contribution is -2.51. The van der Waals surface area contributed by atoms with Gasteiger partial charge in [-0.05, 0) is 37.8 Å². The number of hydrogen-bond acceptors (Lipinski definition) is 4. The zero-order valence-electron chi connectivity index (χ0n) is 15.9. The van der Waals surface area contributed by atoms with Gasteiger partial charge in [-0.25, -0.2) is 13.6 Å². The van der Waals surface area contributed by atoms with E-state index in [9.17, 15) is 23.2 Å². The summed E-state index contributed by atoms with van der Waals surface area (Å²) in [6.45, 7) is 6.93. The van der Waals surface area contributed by atoms with E-state index in [1.165, 1.54) is 0 Å². The molecule has 1 aromatic carbocycles. The zero-order chi connectivity index (χ0) is 21.4. The number of rotatable bonds is 9. The van der Waals surface area contributed by atoms with Crippen molar-refractivity contribution in [1.29, 1.82) is 0 Å². The van der Waals surface area contributed by atoms with Gasteiger partial charge in [0.2, 0.25) is 11.8 Å². The molecule has 0 heterocycles. The molecule has 1 aromatic rings. The maximum Gasteiger partial charge on any atom is 0.312 e. The van der Waals surface area contributed by atoms with Crippen LogP contribution in [0.25, 0.3) is 0 Å². The maximum atomic E-state index is 13.6. The molecule has 10 heteroatoms. The molecular formula is C18H26F2N5O3. The third-order valence-electron chi connectivity index (χ3n) is 4.03. The van der Waals surface area contributed by atoms with Gasteiger partial charge in [0.1, 0.15) is 17.7 Å². The molecule has 7 N–H and O–H groups in total. The Morgan fingerprint density at radius 3 is 2.21 bits per heavy atom. The van der Waals surface area contributed by atoms with Crippen LogP contribution in [0.1, 0.15) is 32.3 Å². The lowest BCUT2D eigenvalue weighted by atomic mass is 10.0. The molecule has 0 aromatic heterocycles. The average Bonchev–Trinajstić information content (AvgIpc) is 2.60. The highest BCUT2D eigenvalue weighted by atomic mass is 19.1. The molecule has 0 saturated heterocycles. The fourth-order valence-corrected chi connectivity index (χ4v) is 2.26. The fraction of sp³-hybridized carbons (Fsp3) is 0.444. The van der Waals surface area contributed by atoms with Crippen molar-refractivity contribution in [2.24, 2.45) is 17.4 Å². The van der Waals surface area contributed by atoms with Crippen molar-refractivity contribution in [2.45, 2.75) is 38.8 Å². The lowest BCUT2D eigenvalue weighted by molar-refractivity contribution is -0.128. The molecule has 0 fully saturated rings. The summed E-state index contributed by atoms with van der Waals surface area (Å²) in [6, 6.07) is -0.726. The van der Waals surface area contributed by atoms with Gasteiger partial charge in [-0.3, -0.25) is 9.59 Å². The summed E-state index contributed by atoms with van der Waals surface area (Å²) < 4.78 is 27.3. The van der Waals surface area contributed by atoms with Crippen LogP contribution in [0.2, 0.25) is 0 Å². The Balaban J connectivity index is 2.87. The van der Waals surface area contributed by atoms with Crippen LogP contribution in [0.3, 0.4) is 0 Å². The van der Waals surface area contributed by atoms with Gasteiger partial charge in [-0.15, -0.1) is 0 Å². The monoisotopic (exact) mass is 398 g/mol. The topological polar surface area (TPSA) is 139 Å². The first kappa shape index (κ1) is 23.3. The van der Waals surface area contributed by atoms with Crippen LogP contribution < -0.4 is 27.4 Å². The van der Waals surface area contributed by atoms with Gasteiger partial charge in [0.15, 0.2) is 0 Å². The van der Waals surface area contributed by atoms with Crippen LogP contribution in [0.5, 0.6) is 0 Å². The van der Waals surface area contributed by atoms with Gasteiger partial charge in [-0.1, -0.05) is 13.8 Å². The largest absolute Gasteiger partial charge is 0.352 e. The molecule has 0 saturated carbocycles. The first-order valence-corrected chi connectivity index (χ1v) is 8.74. The second-order valence-corrected chi connectivity index (χ2v) is 6.67. The molecule has 0 unspecified atom stereocenters. The third-order valence-corrected chi connectivity index (χ3v) is 4.03. The number of amides is 4. The number of nitrogens with two attached hydrogens (primary N) is 2. The minimum Gasteiger partial charge on any atom is -0.352 e. The first-order valence-electron chi connectivity index (χ1n) is 8.74. The minimum absolute atomic E-state index is 0.116. The quantitative estimate of drug-likeness (QED) is 0.396. The van der Waals surface area contributed by atoms with E-state index in [-0.39, 0.29) is 24.6 Å². The second kappa shape index (κ2) is 10.5. The predicted molar refractivity (Wildman–Crippen MR) is 101 cm³/mol. The van der Waals surface area contributed by atoms with E-state index < -0.39 is 47.1 Å². The molecule has 0 aliphatic heterocycles. The standard InChI is InChI=1S/C18H26F2N5O3/c1-9(2)15(21)17(27)25-14(5-4-6-23-18(22)28)16(26)24-11-7-12(19)10(3)13(20)8-11/h7-9,14-15H,3-6,21H2,1-2H3,(H,24,26)(H,25,27)(H3,22,23,28)/t14-,15-/m0/s1. The van der Waals surface area contributed by atoms with Crippen LogP contribution in [0.4, 0.5) is 19.3 Å². The summed E-state index contributed by atoms with van der Waals surface area (Å²) >= 11 is 0. The SMILES string of the molecule is [CH2]c1c(F)cc(NC(=O)[C@H](CCCNC(N)=O)NC(=O)[C@@H](N)C(C)C)cc1F. The summed E-state index contributed by atoms with van der Waals surface area (Å²) in [6.07, 6.45) is 0.458. The van der Waals surface area contributed by atoms with Crippen LogP contribution in [0, 0.1) is 24.5 Å². The van der Waals surface area contributed by atoms with Gasteiger partial charge in [-0.2, -0.15) is 0 Å². The van der Waals surface area contributed by atoms with Crippen LogP contribution in [0.15, 0.2) is 12.1 Å². The zero-order valence-corrected chi connectivity index (χ0v) is 15.9. The lowest BCUT2D eigenvalue weighted by Gasteiger charge is -2.22. The number of halogens is 2. The van der Waals surface area contributed by atoms with E-state index in [4.69, 9.17) is 11.5 Å². The van der Waals surface area contributed by atoms with Crippen molar-refractivity contribution >= 4 is 23.5 Å². The third kappa shape index (κ3) is 7.10. The van der Waals surface area contributed by atoms with Crippen molar-refractivity contribution in [2.75, 3.05) is 11.9 Å². The fourth-order valence-electron chi connectivity index (χ4n) is 2.26. The second-order valence-electron chi connectivity index (χ2n) is 6.67. The van der Waals surface area contributed by atoms with E-state index in [2.05, 4.69) is 22.9 Å². The van der Waals surface area contributed by atoms with Gasteiger partial charge in [0.05, 0.1) is 6.04 Å². The Hall–Kier alpha value is -2.75. The first-order chi connectivity index (χ1) is 13.0.